The van der Waals surface area contributed by atoms with Gasteiger partial charge in [-0.1, -0.05) is 5.21 Å². The molecule has 6 heterocycles. The van der Waals surface area contributed by atoms with Crippen molar-refractivity contribution >= 4 is 67.1 Å². The predicted octanol–water partition coefficient (Wildman–Crippen LogP) is -1.98. The quantitative estimate of drug-likeness (QED) is 0.0936. The van der Waals surface area contributed by atoms with Crippen molar-refractivity contribution in [2.24, 2.45) is 0 Å². The highest BCUT2D eigenvalue weighted by Gasteiger charge is 2.74. The second-order valence-electron chi connectivity index (χ2n) is 10.1. The number of imidazole rings is 1. The summed E-state index contributed by atoms with van der Waals surface area (Å²) in [6, 6.07) is 0. The van der Waals surface area contributed by atoms with E-state index in [1.807, 2.05) is 0 Å². The van der Waals surface area contributed by atoms with Crippen molar-refractivity contribution in [3.8, 4) is 0 Å². The highest BCUT2D eigenvalue weighted by Crippen LogP contribution is 2.63. The Morgan fingerprint density at radius 2 is 2.11 bits per heavy atom. The summed E-state index contributed by atoms with van der Waals surface area (Å²) in [5.74, 6) is -0.0616. The van der Waals surface area contributed by atoms with Gasteiger partial charge in [-0.3, -0.25) is 18.8 Å². The maximum Gasteiger partial charge on any atom is 0.694 e. The van der Waals surface area contributed by atoms with Gasteiger partial charge in [0.2, 0.25) is 5.95 Å². The second-order valence-corrected chi connectivity index (χ2v) is 15.0. The number of H-pyrrole nitrogens is 1. The summed E-state index contributed by atoms with van der Waals surface area (Å²) in [6.07, 6.45) is -2.60. The molecule has 7 rings (SSSR count). The highest BCUT2D eigenvalue weighted by molar-refractivity contribution is 8.07. The number of aromatic amines is 1. The van der Waals surface area contributed by atoms with Crippen molar-refractivity contribution < 1.29 is 42.9 Å². The van der Waals surface area contributed by atoms with Crippen molar-refractivity contribution in [1.29, 1.82) is 0 Å². The minimum absolute atomic E-state index is 0.0469. The van der Waals surface area contributed by atoms with E-state index in [1.54, 1.807) is 0 Å². The van der Waals surface area contributed by atoms with Crippen molar-refractivity contribution in [3.63, 3.8) is 0 Å². The number of nitrogens with one attached hydrogen (secondary N) is 1. The first-order valence-electron chi connectivity index (χ1n) is 12.6. The largest absolute Gasteiger partial charge is 0.694 e. The number of hydrogen-bond donors (Lipinski definition) is 7. The first-order chi connectivity index (χ1) is 20.9. The summed E-state index contributed by atoms with van der Waals surface area (Å²) in [5, 5.41) is 32.3. The number of fused-ring (bicyclic) bond motifs is 3. The lowest BCUT2D eigenvalue weighted by atomic mass is 10.1. The van der Waals surface area contributed by atoms with Crippen LogP contribution in [-0.4, -0.2) is 106 Å². The monoisotopic (exact) mass is 690 g/mol. The zero-order valence-electron chi connectivity index (χ0n) is 21.8. The van der Waals surface area contributed by atoms with Gasteiger partial charge in [0, 0.05) is 11.0 Å². The number of ether oxygens (including phenoxy) is 1. The van der Waals surface area contributed by atoms with Gasteiger partial charge >= 0.3 is 15.0 Å². The van der Waals surface area contributed by atoms with E-state index in [-0.39, 0.29) is 29.4 Å². The van der Waals surface area contributed by atoms with E-state index in [0.717, 1.165) is 16.4 Å². The summed E-state index contributed by atoms with van der Waals surface area (Å²) < 4.78 is 36.0. The fourth-order valence-corrected chi connectivity index (χ4v) is 9.02. The smallest absolute Gasteiger partial charge is 0.389 e. The second kappa shape index (κ2) is 10.6. The Kier molecular flexibility index (Phi) is 7.23. The third-order valence-electron chi connectivity index (χ3n) is 7.42. The van der Waals surface area contributed by atoms with Gasteiger partial charge in [-0.25, -0.2) is 19.2 Å². The van der Waals surface area contributed by atoms with Gasteiger partial charge in [-0.05, 0) is 11.8 Å². The molecule has 2 saturated heterocycles. The van der Waals surface area contributed by atoms with Gasteiger partial charge in [0.05, 0.1) is 23.2 Å². The zero-order valence-corrected chi connectivity index (χ0v) is 25.2. The predicted molar refractivity (Wildman–Crippen MR) is 151 cm³/mol. The maximum atomic E-state index is 12.3. The molecule has 0 amide bonds. The molecule has 2 aliphatic heterocycles. The van der Waals surface area contributed by atoms with Crippen LogP contribution in [0.2, 0.25) is 0 Å². The van der Waals surface area contributed by atoms with Crippen LogP contribution in [-0.2, 0) is 34.7 Å². The van der Waals surface area contributed by atoms with Crippen LogP contribution in [0.1, 0.15) is 23.6 Å². The van der Waals surface area contributed by atoms with Gasteiger partial charge < -0.3 is 31.3 Å². The van der Waals surface area contributed by atoms with Gasteiger partial charge in [-0.2, -0.15) is 10.1 Å². The molecule has 3 fully saturated rings. The lowest BCUT2D eigenvalue weighted by Crippen LogP contribution is -2.35. The molecule has 21 nitrogen and oxygen atoms in total. The number of nitrogens with two attached hydrogens (primary N) is 2. The van der Waals surface area contributed by atoms with Crippen LogP contribution >= 0.6 is 26.7 Å². The molecule has 44 heavy (non-hydrogen) atoms. The summed E-state index contributed by atoms with van der Waals surface area (Å²) in [6.45, 7) is -4.63. The number of aromatic nitrogens is 9. The minimum atomic E-state index is -4.23. The topological polar surface area (TPSA) is 306 Å². The number of aliphatic hydroxyl groups excluding tert-OH is 1. The average Bonchev–Trinajstić information content (AvgIpc) is 3.52. The SMILES string of the molecule is Nc1nc2c(nnn2[C@@H]2S[C@H](CO[P+](=O)O)[C@@H](O)[C@H]2OP(O)(=S)OC2[C@H]3O[C@@H](c4cnc5c(N)ncnn45)C[C@@]23O)c(=O)[nH]1. The number of aliphatic hydroxyl groups is 2. The Morgan fingerprint density at radius 3 is 2.84 bits per heavy atom. The summed E-state index contributed by atoms with van der Waals surface area (Å²) >= 11 is 6.24. The first-order valence-corrected chi connectivity index (χ1v) is 17.3. The highest BCUT2D eigenvalue weighted by atomic mass is 32.5. The molecule has 10 atom stereocenters. The van der Waals surface area contributed by atoms with E-state index in [4.69, 9.17) is 46.5 Å². The van der Waals surface area contributed by atoms with Gasteiger partial charge in [0.1, 0.15) is 48.3 Å². The first kappa shape index (κ1) is 29.9. The maximum absolute atomic E-state index is 12.3. The van der Waals surface area contributed by atoms with E-state index >= 15 is 0 Å². The average molecular weight is 691 g/mol. The van der Waals surface area contributed by atoms with E-state index in [1.165, 1.54) is 17.0 Å². The van der Waals surface area contributed by atoms with Gasteiger partial charge in [-0.15, -0.1) is 26.3 Å². The van der Waals surface area contributed by atoms with E-state index in [0.29, 0.717) is 11.3 Å². The van der Waals surface area contributed by atoms with Crippen molar-refractivity contribution in [2.75, 3.05) is 18.1 Å². The molecule has 1 saturated carbocycles. The van der Waals surface area contributed by atoms with Crippen molar-refractivity contribution in [2.45, 2.75) is 53.2 Å². The van der Waals surface area contributed by atoms with E-state index < -0.39 is 73.9 Å². The number of nitrogens with zero attached hydrogens (tertiary/aromatic N) is 8. The Morgan fingerprint density at radius 1 is 1.32 bits per heavy atom. The number of thioether (sulfide) groups is 1. The van der Waals surface area contributed by atoms with Crippen LogP contribution in [0.25, 0.3) is 16.8 Å². The zero-order chi connectivity index (χ0) is 31.1. The van der Waals surface area contributed by atoms with E-state index in [9.17, 15) is 24.5 Å². The fraction of sp³-hybridized carbons (Fsp3) is 0.526. The van der Waals surface area contributed by atoms with Gasteiger partial charge in [0.25, 0.3) is 5.56 Å². The number of anilines is 2. The van der Waals surface area contributed by atoms with E-state index in [2.05, 4.69) is 35.3 Å². The molecule has 25 heteroatoms. The third kappa shape index (κ3) is 4.98. The number of nitrogen functional groups attached to an aromatic ring is 2. The van der Waals surface area contributed by atoms with Crippen LogP contribution in [0, 0.1) is 0 Å². The third-order valence-corrected chi connectivity index (χ3v) is 10.8. The molecule has 1 aliphatic carbocycles. The molecule has 4 aromatic heterocycles. The van der Waals surface area contributed by atoms with Crippen LogP contribution < -0.4 is 17.0 Å². The fourth-order valence-electron chi connectivity index (χ4n) is 5.35. The lowest BCUT2D eigenvalue weighted by Gasteiger charge is -2.27. The summed E-state index contributed by atoms with van der Waals surface area (Å²) in [7, 11) is -2.99. The molecule has 0 radical (unpaired) electrons. The molecule has 4 aromatic rings. The van der Waals surface area contributed by atoms with Crippen LogP contribution in [0.4, 0.5) is 11.8 Å². The van der Waals surface area contributed by atoms with Crippen LogP contribution in [0.3, 0.4) is 0 Å². The van der Waals surface area contributed by atoms with Crippen LogP contribution in [0.15, 0.2) is 17.3 Å². The molecular formula is C19H22N11O10P2S2+. The molecule has 3 aliphatic rings. The molecule has 0 spiro atoms. The summed E-state index contributed by atoms with van der Waals surface area (Å²) in [4.78, 5) is 47.0. The summed E-state index contributed by atoms with van der Waals surface area (Å²) in [5.41, 5.74) is 9.96. The number of hydrogen-bond acceptors (Lipinski definition) is 18. The molecule has 0 aromatic carbocycles. The Hall–Kier alpha value is -2.79. The van der Waals surface area contributed by atoms with Crippen molar-refractivity contribution in [3.05, 3.63) is 28.6 Å². The van der Waals surface area contributed by atoms with Crippen molar-refractivity contribution in [1.82, 2.24) is 44.5 Å². The normalized spacial score (nSPS) is 33.1. The standard InChI is InChI=1S/C19H21N11O10P2S2/c20-13-15-22-2-5(29(15)24-4-23-13)6-1-19(33)11(38-6)12(19)40-42(36,43)39-10-9(31)7(3-37-41(34)35)44-17(10)30-14-8(27-28-30)16(32)26-18(21)25-14/h2,4,6-7,9-12,17,31,33H,1,3H2,(H6-,20,21,23,24,25,26,28,32,34,35,36,43)/p+1/t6-,7-,9-,10-,11-,12?,17-,19+,42?/m1/s1. The molecule has 234 valence electrons. The Labute approximate surface area is 254 Å². The molecular weight excluding hydrogens is 668 g/mol. The van der Waals surface area contributed by atoms with Crippen LogP contribution in [0.5, 0.6) is 0 Å². The minimum Gasteiger partial charge on any atom is -0.389 e. The lowest BCUT2D eigenvalue weighted by molar-refractivity contribution is -0.00525. The molecule has 9 N–H and O–H groups in total. The van der Waals surface area contributed by atoms with Gasteiger partial charge in [0.15, 0.2) is 22.6 Å². The Bertz CT molecular complexity index is 1910. The molecule has 3 unspecified atom stereocenters. The number of rotatable bonds is 9. The molecule has 0 bridgehead atoms. The Balaban J connectivity index is 1.10.